The van der Waals surface area contributed by atoms with Gasteiger partial charge in [-0.15, -0.1) is 0 Å². The van der Waals surface area contributed by atoms with Gasteiger partial charge < -0.3 is 5.11 Å². The van der Waals surface area contributed by atoms with Gasteiger partial charge in [0.05, 0.1) is 28.7 Å². The number of nitrogens with zero attached hydrogens (tertiary/aromatic N) is 4. The maximum Gasteiger partial charge on any atom is 0.159 e. The molecular formula is C29H22Br2N4O2. The lowest BCUT2D eigenvalue weighted by Crippen LogP contribution is -1.93. The summed E-state index contributed by atoms with van der Waals surface area (Å²) in [6.45, 7) is 1.60. The molecule has 0 saturated carbocycles. The average molecular weight is 618 g/mol. The Balaban J connectivity index is 0.000000152. The summed E-state index contributed by atoms with van der Waals surface area (Å²) in [5, 5.41) is 9.12. The lowest BCUT2D eigenvalue weighted by molar-refractivity contribution is 0.101. The van der Waals surface area contributed by atoms with Gasteiger partial charge in [0.2, 0.25) is 0 Å². The van der Waals surface area contributed by atoms with Crippen LogP contribution in [0.5, 0.6) is 0 Å². The van der Waals surface area contributed by atoms with Crippen LogP contribution in [0.2, 0.25) is 0 Å². The van der Waals surface area contributed by atoms with Crippen LogP contribution in [-0.4, -0.2) is 30.0 Å². The fraction of sp³-hybridized carbons (Fsp3) is 0.0690. The molecule has 4 aromatic carbocycles. The zero-order valence-electron chi connectivity index (χ0n) is 19.8. The van der Waals surface area contributed by atoms with Crippen LogP contribution in [0.15, 0.2) is 107 Å². The summed E-state index contributed by atoms with van der Waals surface area (Å²) in [5.74, 6) is 0.0545. The maximum absolute atomic E-state index is 11.4. The molecule has 0 aliphatic rings. The third-order valence-corrected chi connectivity index (χ3v) is 6.91. The minimum Gasteiger partial charge on any atom is -0.392 e. The van der Waals surface area contributed by atoms with Crippen LogP contribution in [0.4, 0.5) is 0 Å². The van der Waals surface area contributed by atoms with Crippen molar-refractivity contribution in [3.05, 3.63) is 118 Å². The van der Waals surface area contributed by atoms with Crippen molar-refractivity contribution < 1.29 is 9.90 Å². The Kier molecular flexibility index (Phi) is 7.32. The fourth-order valence-corrected chi connectivity index (χ4v) is 4.83. The monoisotopic (exact) mass is 616 g/mol. The number of hydrogen-bond acceptors (Lipinski definition) is 4. The second kappa shape index (κ2) is 10.8. The van der Waals surface area contributed by atoms with E-state index < -0.39 is 0 Å². The fourth-order valence-electron chi connectivity index (χ4n) is 4.05. The molecule has 0 radical (unpaired) electrons. The topological polar surface area (TPSA) is 72.9 Å². The first-order chi connectivity index (χ1) is 17.9. The average Bonchev–Trinajstić information content (AvgIpc) is 3.52. The van der Waals surface area contributed by atoms with Gasteiger partial charge in [-0.1, -0.05) is 50.1 Å². The molecule has 6 aromatic rings. The van der Waals surface area contributed by atoms with E-state index in [1.807, 2.05) is 94.1 Å². The van der Waals surface area contributed by atoms with E-state index in [2.05, 4.69) is 41.8 Å². The highest BCUT2D eigenvalue weighted by atomic mass is 79.9. The van der Waals surface area contributed by atoms with Gasteiger partial charge in [-0.3, -0.25) is 13.9 Å². The van der Waals surface area contributed by atoms with E-state index in [0.29, 0.717) is 5.56 Å². The molecule has 8 heteroatoms. The first-order valence-corrected chi connectivity index (χ1v) is 13.1. The van der Waals surface area contributed by atoms with E-state index in [1.165, 1.54) is 0 Å². The number of aromatic nitrogens is 4. The number of benzene rings is 4. The molecule has 0 amide bonds. The SMILES string of the molecule is CC(=O)c1ccc2c(c1)ncn2-c1cccc(Br)c1.OCc1ccc2c(c1)ncn2-c1cccc(Br)c1. The molecule has 0 fully saturated rings. The highest BCUT2D eigenvalue weighted by Crippen LogP contribution is 2.23. The molecule has 2 aromatic heterocycles. The standard InChI is InChI=1S/C15H11BrN2O.C14H11BrN2O/c1-10(19)11-5-6-15-14(7-11)17-9-18(15)13-4-2-3-12(16)8-13;15-11-2-1-3-12(7-11)17-9-16-13-6-10(8-18)4-5-14(13)17/h2-9H,1H3;1-7,9,18H,8H2. The van der Waals surface area contributed by atoms with Crippen molar-refractivity contribution in [1.29, 1.82) is 0 Å². The van der Waals surface area contributed by atoms with E-state index in [-0.39, 0.29) is 12.4 Å². The molecule has 0 spiro atoms. The summed E-state index contributed by atoms with van der Waals surface area (Å²) in [7, 11) is 0. The Morgan fingerprint density at radius 3 is 1.81 bits per heavy atom. The van der Waals surface area contributed by atoms with Crippen LogP contribution in [0.25, 0.3) is 33.4 Å². The molecule has 0 atom stereocenters. The van der Waals surface area contributed by atoms with Gasteiger partial charge in [0, 0.05) is 25.9 Å². The second-order valence-electron chi connectivity index (χ2n) is 8.43. The molecule has 6 nitrogen and oxygen atoms in total. The van der Waals surface area contributed by atoms with Crippen LogP contribution in [0.1, 0.15) is 22.8 Å². The Bertz CT molecular complexity index is 1740. The molecule has 184 valence electrons. The van der Waals surface area contributed by atoms with Gasteiger partial charge in [0.25, 0.3) is 0 Å². The molecule has 0 saturated heterocycles. The molecule has 6 rings (SSSR count). The summed E-state index contributed by atoms with van der Waals surface area (Å²) in [5.41, 5.74) is 7.40. The predicted molar refractivity (Wildman–Crippen MR) is 153 cm³/mol. The first-order valence-electron chi connectivity index (χ1n) is 11.5. The van der Waals surface area contributed by atoms with Crippen molar-refractivity contribution >= 4 is 59.7 Å². The van der Waals surface area contributed by atoms with Gasteiger partial charge in [0.1, 0.15) is 12.7 Å². The molecule has 2 heterocycles. The van der Waals surface area contributed by atoms with Gasteiger partial charge >= 0.3 is 0 Å². The lowest BCUT2D eigenvalue weighted by Gasteiger charge is -2.05. The van der Waals surface area contributed by atoms with E-state index in [4.69, 9.17) is 5.11 Å². The highest BCUT2D eigenvalue weighted by Gasteiger charge is 2.08. The molecule has 1 N–H and O–H groups in total. The number of aliphatic hydroxyl groups excluding tert-OH is 1. The molecule has 0 aliphatic carbocycles. The Hall–Kier alpha value is -3.59. The quantitative estimate of drug-likeness (QED) is 0.211. The summed E-state index contributed by atoms with van der Waals surface area (Å²) in [6, 6.07) is 27.5. The predicted octanol–water partition coefficient (Wildman–Crippen LogP) is 7.27. The first kappa shape index (κ1) is 25.1. The number of imidazole rings is 2. The number of carbonyl (C=O) groups is 1. The minimum atomic E-state index is 0.0414. The molecule has 0 bridgehead atoms. The lowest BCUT2D eigenvalue weighted by atomic mass is 10.1. The van der Waals surface area contributed by atoms with Crippen LogP contribution >= 0.6 is 31.9 Å². The van der Waals surface area contributed by atoms with Crippen molar-refractivity contribution in [1.82, 2.24) is 19.1 Å². The Morgan fingerprint density at radius 2 is 1.30 bits per heavy atom. The van der Waals surface area contributed by atoms with Crippen molar-refractivity contribution in [2.24, 2.45) is 0 Å². The normalized spacial score (nSPS) is 10.9. The number of Topliss-reactive ketones (excluding diaryl/α,β-unsaturated/α-hetero) is 1. The largest absolute Gasteiger partial charge is 0.392 e. The summed E-state index contributed by atoms with van der Waals surface area (Å²) >= 11 is 6.93. The summed E-state index contributed by atoms with van der Waals surface area (Å²) in [6.07, 6.45) is 3.57. The summed E-state index contributed by atoms with van der Waals surface area (Å²) in [4.78, 5) is 20.1. The second-order valence-corrected chi connectivity index (χ2v) is 10.3. The number of fused-ring (bicyclic) bond motifs is 2. The third kappa shape index (κ3) is 5.41. The van der Waals surface area contributed by atoms with Crippen LogP contribution in [0, 0.1) is 0 Å². The van der Waals surface area contributed by atoms with Gasteiger partial charge in [-0.2, -0.15) is 0 Å². The van der Waals surface area contributed by atoms with Crippen LogP contribution in [-0.2, 0) is 6.61 Å². The number of rotatable bonds is 4. The molecule has 0 aliphatic heterocycles. The van der Waals surface area contributed by atoms with Crippen LogP contribution in [0.3, 0.4) is 0 Å². The van der Waals surface area contributed by atoms with E-state index >= 15 is 0 Å². The minimum absolute atomic E-state index is 0.0414. The van der Waals surface area contributed by atoms with Crippen molar-refractivity contribution in [3.8, 4) is 11.4 Å². The van der Waals surface area contributed by atoms with Gasteiger partial charge in [-0.25, -0.2) is 9.97 Å². The van der Waals surface area contributed by atoms with Gasteiger partial charge in [0.15, 0.2) is 5.78 Å². The molecular weight excluding hydrogens is 596 g/mol. The molecule has 0 unspecified atom stereocenters. The number of aliphatic hydroxyl groups is 1. The van der Waals surface area contributed by atoms with Crippen molar-refractivity contribution in [3.63, 3.8) is 0 Å². The molecule has 37 heavy (non-hydrogen) atoms. The highest BCUT2D eigenvalue weighted by molar-refractivity contribution is 9.10. The van der Waals surface area contributed by atoms with E-state index in [0.717, 1.165) is 48.0 Å². The smallest absolute Gasteiger partial charge is 0.159 e. The van der Waals surface area contributed by atoms with E-state index in [9.17, 15) is 4.79 Å². The number of carbonyl (C=O) groups excluding carboxylic acids is 1. The number of hydrogen-bond donors (Lipinski definition) is 1. The Morgan fingerprint density at radius 1 is 0.757 bits per heavy atom. The van der Waals surface area contributed by atoms with Crippen LogP contribution < -0.4 is 0 Å². The number of ketones is 1. The Labute approximate surface area is 230 Å². The van der Waals surface area contributed by atoms with Crippen molar-refractivity contribution in [2.75, 3.05) is 0 Å². The van der Waals surface area contributed by atoms with Crippen molar-refractivity contribution in [2.45, 2.75) is 13.5 Å². The van der Waals surface area contributed by atoms with E-state index in [1.54, 1.807) is 19.6 Å². The number of halogens is 2. The zero-order valence-corrected chi connectivity index (χ0v) is 23.0. The third-order valence-electron chi connectivity index (χ3n) is 5.92. The maximum atomic E-state index is 11.4. The summed E-state index contributed by atoms with van der Waals surface area (Å²) < 4.78 is 6.09. The zero-order chi connectivity index (χ0) is 25.9. The van der Waals surface area contributed by atoms with Gasteiger partial charge in [-0.05, 0) is 79.2 Å².